The Kier molecular flexibility index (Phi) is 4.05. The van der Waals surface area contributed by atoms with Gasteiger partial charge in [-0.1, -0.05) is 13.8 Å². The summed E-state index contributed by atoms with van der Waals surface area (Å²) in [7, 11) is 0. The number of aromatic nitrogens is 1. The molecular formula is C14H19BrN2O. The summed E-state index contributed by atoms with van der Waals surface area (Å²) in [6, 6.07) is 2.08. The molecule has 2 rings (SSSR count). The van der Waals surface area contributed by atoms with Crippen molar-refractivity contribution in [2.45, 2.75) is 45.1 Å². The molecule has 0 spiro atoms. The lowest BCUT2D eigenvalue weighted by molar-refractivity contribution is -0.119. The quantitative estimate of drug-likeness (QED) is 0.928. The third-order valence-corrected chi connectivity index (χ3v) is 3.77. The Morgan fingerprint density at radius 2 is 2.28 bits per heavy atom. The molecule has 0 bridgehead atoms. The van der Waals surface area contributed by atoms with Crippen molar-refractivity contribution >= 4 is 21.8 Å². The summed E-state index contributed by atoms with van der Waals surface area (Å²) in [6.45, 7) is 4.40. The molecule has 0 aliphatic carbocycles. The van der Waals surface area contributed by atoms with Crippen LogP contribution >= 0.6 is 15.9 Å². The summed E-state index contributed by atoms with van der Waals surface area (Å²) >= 11 is 3.44. The second-order valence-corrected chi connectivity index (χ2v) is 6.53. The van der Waals surface area contributed by atoms with E-state index in [1.807, 2.05) is 6.20 Å². The number of carbonyl (C=O) groups excluding carboxylic acids is 1. The highest BCUT2D eigenvalue weighted by molar-refractivity contribution is 9.10. The Hall–Kier alpha value is -0.900. The summed E-state index contributed by atoms with van der Waals surface area (Å²) in [5.74, 6) is 0.752. The number of pyridine rings is 1. The van der Waals surface area contributed by atoms with E-state index in [0.717, 1.165) is 23.7 Å². The van der Waals surface area contributed by atoms with Gasteiger partial charge in [0.1, 0.15) is 0 Å². The van der Waals surface area contributed by atoms with Gasteiger partial charge in [0.2, 0.25) is 5.91 Å². The Labute approximate surface area is 117 Å². The maximum absolute atomic E-state index is 11.6. The normalized spacial score (nSPS) is 23.4. The molecule has 1 atom stereocenters. The molecule has 1 fully saturated rings. The van der Waals surface area contributed by atoms with E-state index in [9.17, 15) is 4.79 Å². The molecule has 1 amide bonds. The summed E-state index contributed by atoms with van der Waals surface area (Å²) in [5, 5.41) is 3.18. The molecule has 1 aromatic rings. The van der Waals surface area contributed by atoms with E-state index < -0.39 is 0 Å². The highest BCUT2D eigenvalue weighted by Gasteiger charge is 2.38. The molecular weight excluding hydrogens is 292 g/mol. The smallest absolute Gasteiger partial charge is 0.220 e. The Morgan fingerprint density at radius 3 is 2.83 bits per heavy atom. The maximum atomic E-state index is 11.6. The largest absolute Gasteiger partial charge is 0.350 e. The van der Waals surface area contributed by atoms with E-state index >= 15 is 0 Å². The SMILES string of the molecule is CC(C)CC1(Cc2cncc(Br)c2)CCC(=O)N1. The number of hydrogen-bond acceptors (Lipinski definition) is 2. The van der Waals surface area contributed by atoms with Crippen molar-refractivity contribution in [1.29, 1.82) is 0 Å². The number of nitrogens with zero attached hydrogens (tertiary/aromatic N) is 1. The topological polar surface area (TPSA) is 42.0 Å². The number of hydrogen-bond donors (Lipinski definition) is 1. The van der Waals surface area contributed by atoms with Gasteiger partial charge in [-0.15, -0.1) is 0 Å². The van der Waals surface area contributed by atoms with Crippen LogP contribution in [-0.2, 0) is 11.2 Å². The molecule has 0 saturated carbocycles. The van der Waals surface area contributed by atoms with Gasteiger partial charge < -0.3 is 5.32 Å². The van der Waals surface area contributed by atoms with E-state index in [1.165, 1.54) is 5.56 Å². The van der Waals surface area contributed by atoms with Gasteiger partial charge in [0.15, 0.2) is 0 Å². The lowest BCUT2D eigenvalue weighted by atomic mass is 9.82. The minimum Gasteiger partial charge on any atom is -0.350 e. The van der Waals surface area contributed by atoms with Crippen molar-refractivity contribution in [3.63, 3.8) is 0 Å². The molecule has 1 aliphatic heterocycles. The average Bonchev–Trinajstić information content (AvgIpc) is 2.58. The van der Waals surface area contributed by atoms with Crippen LogP contribution in [0.15, 0.2) is 22.9 Å². The molecule has 1 aromatic heterocycles. The maximum Gasteiger partial charge on any atom is 0.220 e. The van der Waals surface area contributed by atoms with Crippen molar-refractivity contribution in [1.82, 2.24) is 10.3 Å². The van der Waals surface area contributed by atoms with Crippen LogP contribution in [-0.4, -0.2) is 16.4 Å². The van der Waals surface area contributed by atoms with Gasteiger partial charge in [-0.2, -0.15) is 0 Å². The zero-order valence-electron chi connectivity index (χ0n) is 10.9. The first kappa shape index (κ1) is 13.5. The van der Waals surface area contributed by atoms with Gasteiger partial charge in [0, 0.05) is 28.8 Å². The standard InChI is InChI=1S/C14H19BrN2O/c1-10(2)6-14(4-3-13(18)17-14)7-11-5-12(15)9-16-8-11/h5,8-10H,3-4,6-7H2,1-2H3,(H,17,18). The molecule has 1 aliphatic rings. The first-order valence-electron chi connectivity index (χ1n) is 6.39. The second kappa shape index (κ2) is 5.39. The summed E-state index contributed by atoms with van der Waals surface area (Å²) in [5.41, 5.74) is 1.10. The lowest BCUT2D eigenvalue weighted by Gasteiger charge is -2.31. The zero-order chi connectivity index (χ0) is 13.2. The van der Waals surface area contributed by atoms with Crippen LogP contribution in [0, 0.1) is 5.92 Å². The second-order valence-electron chi connectivity index (χ2n) is 5.61. The molecule has 3 nitrogen and oxygen atoms in total. The third-order valence-electron chi connectivity index (χ3n) is 3.34. The van der Waals surface area contributed by atoms with Crippen LogP contribution < -0.4 is 5.32 Å². The van der Waals surface area contributed by atoms with Gasteiger partial charge in [0.05, 0.1) is 0 Å². The molecule has 1 saturated heterocycles. The number of amides is 1. The van der Waals surface area contributed by atoms with Crippen molar-refractivity contribution < 1.29 is 4.79 Å². The van der Waals surface area contributed by atoms with Crippen molar-refractivity contribution in [3.05, 3.63) is 28.5 Å². The summed E-state index contributed by atoms with van der Waals surface area (Å²) in [6.07, 6.45) is 7.13. The summed E-state index contributed by atoms with van der Waals surface area (Å²) in [4.78, 5) is 15.8. The minimum atomic E-state index is -0.0757. The van der Waals surface area contributed by atoms with Crippen LogP contribution in [0.4, 0.5) is 0 Å². The Bertz CT molecular complexity index is 447. The predicted octanol–water partition coefficient (Wildman–Crippen LogP) is 3.08. The third kappa shape index (κ3) is 3.31. The first-order chi connectivity index (χ1) is 8.49. The molecule has 98 valence electrons. The minimum absolute atomic E-state index is 0.0757. The summed E-state index contributed by atoms with van der Waals surface area (Å²) < 4.78 is 0.990. The van der Waals surface area contributed by atoms with E-state index in [0.29, 0.717) is 12.3 Å². The Morgan fingerprint density at radius 1 is 1.50 bits per heavy atom. The van der Waals surface area contributed by atoms with Crippen molar-refractivity contribution in [2.24, 2.45) is 5.92 Å². The molecule has 4 heteroatoms. The number of carbonyl (C=O) groups is 1. The van der Waals surface area contributed by atoms with Gasteiger partial charge in [-0.3, -0.25) is 9.78 Å². The molecule has 0 aromatic carbocycles. The van der Waals surface area contributed by atoms with E-state index in [4.69, 9.17) is 0 Å². The Balaban J connectivity index is 2.18. The van der Waals surface area contributed by atoms with Crippen LogP contribution in [0.5, 0.6) is 0 Å². The first-order valence-corrected chi connectivity index (χ1v) is 7.19. The molecule has 0 radical (unpaired) electrons. The molecule has 2 heterocycles. The highest BCUT2D eigenvalue weighted by atomic mass is 79.9. The van der Waals surface area contributed by atoms with E-state index in [-0.39, 0.29) is 11.4 Å². The highest BCUT2D eigenvalue weighted by Crippen LogP contribution is 2.31. The van der Waals surface area contributed by atoms with Crippen molar-refractivity contribution in [2.75, 3.05) is 0 Å². The van der Waals surface area contributed by atoms with Gasteiger partial charge in [-0.05, 0) is 52.7 Å². The van der Waals surface area contributed by atoms with Crippen LogP contribution in [0.3, 0.4) is 0 Å². The number of nitrogens with one attached hydrogen (secondary N) is 1. The van der Waals surface area contributed by atoms with Gasteiger partial charge in [-0.25, -0.2) is 0 Å². The van der Waals surface area contributed by atoms with Gasteiger partial charge in [0.25, 0.3) is 0 Å². The van der Waals surface area contributed by atoms with Crippen molar-refractivity contribution in [3.8, 4) is 0 Å². The van der Waals surface area contributed by atoms with Crippen LogP contribution in [0.1, 0.15) is 38.7 Å². The fourth-order valence-corrected chi connectivity index (χ4v) is 3.27. The fourth-order valence-electron chi connectivity index (χ4n) is 2.86. The number of halogens is 1. The molecule has 1 unspecified atom stereocenters. The van der Waals surface area contributed by atoms with Gasteiger partial charge >= 0.3 is 0 Å². The molecule has 1 N–H and O–H groups in total. The predicted molar refractivity (Wildman–Crippen MR) is 75.2 cm³/mol. The number of rotatable bonds is 4. The van der Waals surface area contributed by atoms with Crippen LogP contribution in [0.25, 0.3) is 0 Å². The average molecular weight is 311 g/mol. The fraction of sp³-hybridized carbons (Fsp3) is 0.571. The monoisotopic (exact) mass is 310 g/mol. The van der Waals surface area contributed by atoms with E-state index in [1.54, 1.807) is 6.20 Å². The molecule has 18 heavy (non-hydrogen) atoms. The van der Waals surface area contributed by atoms with E-state index in [2.05, 4.69) is 46.1 Å². The van der Waals surface area contributed by atoms with Crippen LogP contribution in [0.2, 0.25) is 0 Å². The zero-order valence-corrected chi connectivity index (χ0v) is 12.5. The lowest BCUT2D eigenvalue weighted by Crippen LogP contribution is -2.44.